The van der Waals surface area contributed by atoms with Gasteiger partial charge in [-0.2, -0.15) is 0 Å². The number of benzene rings is 1. The molecule has 0 saturated heterocycles. The second-order valence-electron chi connectivity index (χ2n) is 4.50. The first-order valence-electron chi connectivity index (χ1n) is 5.49. The highest BCUT2D eigenvalue weighted by Crippen LogP contribution is 2.29. The van der Waals surface area contributed by atoms with E-state index in [-0.39, 0.29) is 17.5 Å². The molecule has 0 atom stereocenters. The summed E-state index contributed by atoms with van der Waals surface area (Å²) in [4.78, 5) is 11.2. The van der Waals surface area contributed by atoms with Gasteiger partial charge in [-0.25, -0.2) is 4.79 Å². The number of rotatable bonds is 2. The van der Waals surface area contributed by atoms with Crippen molar-refractivity contribution in [2.45, 2.75) is 26.8 Å². The Morgan fingerprint density at radius 1 is 1.29 bits per heavy atom. The molecule has 0 fully saturated rings. The molecule has 0 amide bonds. The Morgan fingerprint density at radius 3 is 2.47 bits per heavy atom. The van der Waals surface area contributed by atoms with Gasteiger partial charge in [-0.05, 0) is 44.5 Å². The second kappa shape index (κ2) is 3.80. The lowest BCUT2D eigenvalue weighted by Crippen LogP contribution is -2.10. The summed E-state index contributed by atoms with van der Waals surface area (Å²) < 4.78 is 1.77. The van der Waals surface area contributed by atoms with Crippen LogP contribution in [0.5, 0.6) is 5.75 Å². The van der Waals surface area contributed by atoms with Gasteiger partial charge in [0.2, 0.25) is 0 Å². The lowest BCUT2D eigenvalue weighted by atomic mass is 10.1. The van der Waals surface area contributed by atoms with Crippen molar-refractivity contribution >= 4 is 16.9 Å². The number of fused-ring (bicyclic) bond motifs is 1. The highest BCUT2D eigenvalue weighted by atomic mass is 16.4. The minimum atomic E-state index is -0.952. The third kappa shape index (κ3) is 1.75. The highest BCUT2D eigenvalue weighted by molar-refractivity contribution is 5.95. The van der Waals surface area contributed by atoms with Crippen molar-refractivity contribution in [3.05, 3.63) is 29.5 Å². The van der Waals surface area contributed by atoms with Crippen molar-refractivity contribution in [3.63, 3.8) is 0 Å². The molecule has 17 heavy (non-hydrogen) atoms. The van der Waals surface area contributed by atoms with E-state index in [9.17, 15) is 15.0 Å². The van der Waals surface area contributed by atoms with E-state index >= 15 is 0 Å². The maximum atomic E-state index is 11.2. The van der Waals surface area contributed by atoms with E-state index in [1.807, 2.05) is 19.9 Å². The zero-order valence-corrected chi connectivity index (χ0v) is 10.1. The zero-order valence-electron chi connectivity index (χ0n) is 10.1. The van der Waals surface area contributed by atoms with Crippen LogP contribution in [0.3, 0.4) is 0 Å². The van der Waals surface area contributed by atoms with Gasteiger partial charge < -0.3 is 14.8 Å². The molecule has 1 aromatic carbocycles. The Labute approximate surface area is 99.1 Å². The number of carboxylic acid groups (broad SMARTS) is 1. The molecule has 2 N–H and O–H groups in total. The van der Waals surface area contributed by atoms with Gasteiger partial charge in [0.05, 0.1) is 0 Å². The van der Waals surface area contributed by atoms with E-state index in [1.54, 1.807) is 23.6 Å². The normalized spacial score (nSPS) is 11.3. The predicted molar refractivity (Wildman–Crippen MR) is 65.7 cm³/mol. The molecule has 1 heterocycles. The first-order valence-corrected chi connectivity index (χ1v) is 5.49. The summed E-state index contributed by atoms with van der Waals surface area (Å²) in [6, 6.07) is 5.08. The van der Waals surface area contributed by atoms with E-state index in [1.165, 1.54) is 0 Å². The Bertz CT molecular complexity index is 596. The van der Waals surface area contributed by atoms with Crippen LogP contribution in [0, 0.1) is 6.92 Å². The fourth-order valence-corrected chi connectivity index (χ4v) is 2.09. The number of aromatic carboxylic acids is 1. The molecule has 0 aliphatic rings. The van der Waals surface area contributed by atoms with E-state index in [0.29, 0.717) is 0 Å². The lowest BCUT2D eigenvalue weighted by molar-refractivity contribution is 0.0684. The summed E-state index contributed by atoms with van der Waals surface area (Å²) in [6.07, 6.45) is 0. The monoisotopic (exact) mass is 233 g/mol. The lowest BCUT2D eigenvalue weighted by Gasteiger charge is -2.12. The van der Waals surface area contributed by atoms with Crippen LogP contribution in [0.25, 0.3) is 10.9 Å². The first kappa shape index (κ1) is 11.5. The minimum Gasteiger partial charge on any atom is -0.508 e. The van der Waals surface area contributed by atoms with E-state index in [2.05, 4.69) is 0 Å². The van der Waals surface area contributed by atoms with Gasteiger partial charge in [0, 0.05) is 16.9 Å². The van der Waals surface area contributed by atoms with E-state index in [0.717, 1.165) is 16.5 Å². The maximum Gasteiger partial charge on any atom is 0.352 e. The van der Waals surface area contributed by atoms with Crippen LogP contribution in [0.4, 0.5) is 0 Å². The topological polar surface area (TPSA) is 62.5 Å². The zero-order chi connectivity index (χ0) is 12.7. The number of hydrogen-bond acceptors (Lipinski definition) is 2. The Hall–Kier alpha value is -1.97. The van der Waals surface area contributed by atoms with Crippen molar-refractivity contribution in [2.75, 3.05) is 0 Å². The maximum absolute atomic E-state index is 11.2. The number of aryl methyl sites for hydroxylation is 1. The first-order chi connectivity index (χ1) is 7.91. The number of phenols is 1. The van der Waals surface area contributed by atoms with Crippen LogP contribution in [-0.2, 0) is 0 Å². The molecule has 0 aliphatic carbocycles. The second-order valence-corrected chi connectivity index (χ2v) is 4.50. The van der Waals surface area contributed by atoms with Gasteiger partial charge in [-0.3, -0.25) is 0 Å². The van der Waals surface area contributed by atoms with Gasteiger partial charge in [0.25, 0.3) is 0 Å². The number of carboxylic acids is 1. The Morgan fingerprint density at radius 2 is 1.94 bits per heavy atom. The summed E-state index contributed by atoms with van der Waals surface area (Å²) >= 11 is 0. The summed E-state index contributed by atoms with van der Waals surface area (Å²) in [5.74, 6) is -0.762. The van der Waals surface area contributed by atoms with Crippen molar-refractivity contribution in [2.24, 2.45) is 0 Å². The van der Waals surface area contributed by atoms with Crippen molar-refractivity contribution < 1.29 is 15.0 Å². The number of carbonyl (C=O) groups is 1. The third-order valence-corrected chi connectivity index (χ3v) is 2.89. The van der Waals surface area contributed by atoms with Crippen LogP contribution in [-0.4, -0.2) is 20.7 Å². The molecule has 90 valence electrons. The Balaban J connectivity index is 2.85. The van der Waals surface area contributed by atoms with E-state index in [4.69, 9.17) is 0 Å². The Kier molecular flexibility index (Phi) is 2.58. The fourth-order valence-electron chi connectivity index (χ4n) is 2.09. The summed E-state index contributed by atoms with van der Waals surface area (Å²) in [6.45, 7) is 5.68. The van der Waals surface area contributed by atoms with Crippen LogP contribution in [0.2, 0.25) is 0 Å². The molecule has 2 aromatic rings. The molecule has 4 heteroatoms. The van der Waals surface area contributed by atoms with Crippen LogP contribution < -0.4 is 0 Å². The number of nitrogens with zero attached hydrogens (tertiary/aromatic N) is 1. The average molecular weight is 233 g/mol. The SMILES string of the molecule is Cc1cc2c(cc1O)cc(C(=O)O)n2C(C)C. The summed E-state index contributed by atoms with van der Waals surface area (Å²) in [5.41, 5.74) is 1.84. The largest absolute Gasteiger partial charge is 0.508 e. The molecule has 2 rings (SSSR count). The van der Waals surface area contributed by atoms with Crippen molar-refractivity contribution in [1.29, 1.82) is 0 Å². The van der Waals surface area contributed by atoms with E-state index < -0.39 is 5.97 Å². The number of aromatic nitrogens is 1. The van der Waals surface area contributed by atoms with Gasteiger partial charge in [0.15, 0.2) is 0 Å². The predicted octanol–water partition coefficient (Wildman–Crippen LogP) is 2.93. The molecule has 0 unspecified atom stereocenters. The molecule has 4 nitrogen and oxygen atoms in total. The number of hydrogen-bond donors (Lipinski definition) is 2. The highest BCUT2D eigenvalue weighted by Gasteiger charge is 2.17. The molecule has 0 aliphatic heterocycles. The van der Waals surface area contributed by atoms with Crippen LogP contribution in [0.1, 0.15) is 35.9 Å². The summed E-state index contributed by atoms with van der Waals surface area (Å²) in [7, 11) is 0. The molecule has 0 saturated carbocycles. The van der Waals surface area contributed by atoms with Crippen molar-refractivity contribution in [3.8, 4) is 5.75 Å². The van der Waals surface area contributed by atoms with Gasteiger partial charge in [0.1, 0.15) is 11.4 Å². The standard InChI is InChI=1S/C13H15NO3/c1-7(2)14-10-4-8(3)12(15)6-9(10)5-11(14)13(16)17/h4-7,15H,1-3H3,(H,16,17). The molecular weight excluding hydrogens is 218 g/mol. The molecule has 0 spiro atoms. The summed E-state index contributed by atoms with van der Waals surface area (Å²) in [5, 5.41) is 19.6. The molecule has 0 bridgehead atoms. The van der Waals surface area contributed by atoms with Crippen LogP contribution in [0.15, 0.2) is 18.2 Å². The number of phenolic OH excluding ortho intramolecular Hbond substituents is 1. The van der Waals surface area contributed by atoms with Gasteiger partial charge in [-0.1, -0.05) is 0 Å². The van der Waals surface area contributed by atoms with Crippen molar-refractivity contribution in [1.82, 2.24) is 4.57 Å². The molecule has 1 aromatic heterocycles. The third-order valence-electron chi connectivity index (χ3n) is 2.89. The van der Waals surface area contributed by atoms with Crippen LogP contribution >= 0.6 is 0 Å². The minimum absolute atomic E-state index is 0.0579. The quantitative estimate of drug-likeness (QED) is 0.838. The number of aromatic hydroxyl groups is 1. The fraction of sp³-hybridized carbons (Fsp3) is 0.308. The molecule has 0 radical (unpaired) electrons. The molecular formula is C13H15NO3. The smallest absolute Gasteiger partial charge is 0.352 e. The average Bonchev–Trinajstić information content (AvgIpc) is 2.57. The van der Waals surface area contributed by atoms with Gasteiger partial charge >= 0.3 is 5.97 Å². The van der Waals surface area contributed by atoms with Gasteiger partial charge in [-0.15, -0.1) is 0 Å².